The first kappa shape index (κ1) is 13.6. The van der Waals surface area contributed by atoms with Crippen LogP contribution >= 0.6 is 27.3 Å². The van der Waals surface area contributed by atoms with Crippen molar-refractivity contribution in [2.75, 3.05) is 13.1 Å². The first-order valence-corrected chi connectivity index (χ1v) is 8.02. The average Bonchev–Trinajstić information content (AvgIpc) is 2.63. The third-order valence-corrected chi connectivity index (χ3v) is 5.43. The number of hydrogen-bond donors (Lipinski definition) is 0. The van der Waals surface area contributed by atoms with Gasteiger partial charge < -0.3 is 0 Å². The summed E-state index contributed by atoms with van der Waals surface area (Å²) in [5, 5.41) is 0. The lowest BCUT2D eigenvalue weighted by Gasteiger charge is -2.38. The van der Waals surface area contributed by atoms with Gasteiger partial charge in [-0.1, -0.05) is 20.8 Å². The molecular weight excluding hydrogens is 294 g/mol. The van der Waals surface area contributed by atoms with Crippen molar-refractivity contribution in [3.63, 3.8) is 0 Å². The molecule has 1 fully saturated rings. The molecule has 1 aromatic heterocycles. The quantitative estimate of drug-likeness (QED) is 0.760. The molecule has 0 aliphatic carbocycles. The van der Waals surface area contributed by atoms with E-state index in [4.69, 9.17) is 0 Å². The summed E-state index contributed by atoms with van der Waals surface area (Å²) < 4.78 is 1.25. The molecule has 0 N–H and O–H groups in total. The van der Waals surface area contributed by atoms with Gasteiger partial charge in [0.05, 0.1) is 3.79 Å². The Labute approximate surface area is 117 Å². The molecule has 0 spiro atoms. The van der Waals surface area contributed by atoms with Crippen molar-refractivity contribution in [1.29, 1.82) is 0 Å². The first-order valence-electron chi connectivity index (χ1n) is 6.42. The summed E-state index contributed by atoms with van der Waals surface area (Å²) in [6.07, 6.45) is 2.71. The molecule has 17 heavy (non-hydrogen) atoms. The number of rotatable bonds is 2. The Morgan fingerprint density at radius 3 is 2.41 bits per heavy atom. The minimum absolute atomic E-state index is 0.484. The second kappa shape index (κ2) is 5.41. The van der Waals surface area contributed by atoms with Crippen LogP contribution in [0, 0.1) is 11.3 Å². The first-order chi connectivity index (χ1) is 7.95. The molecule has 0 saturated carbocycles. The van der Waals surface area contributed by atoms with E-state index in [2.05, 4.69) is 53.7 Å². The van der Waals surface area contributed by atoms with E-state index in [9.17, 15) is 0 Å². The second-order valence-electron chi connectivity index (χ2n) is 6.12. The summed E-state index contributed by atoms with van der Waals surface area (Å²) in [4.78, 5) is 4.08. The molecule has 0 unspecified atom stereocenters. The van der Waals surface area contributed by atoms with Crippen LogP contribution in [0.25, 0.3) is 0 Å². The van der Waals surface area contributed by atoms with Gasteiger partial charge in [-0.05, 0) is 65.3 Å². The number of piperidine rings is 1. The normalized spacial score (nSPS) is 19.8. The standard InChI is InChI=1S/C14H22BrNS/c1-14(2,3)11-6-8-16(9-7-11)10-12-4-5-13(15)17-12/h4-5,11H,6-10H2,1-3H3. The zero-order chi connectivity index (χ0) is 12.5. The van der Waals surface area contributed by atoms with Crippen molar-refractivity contribution < 1.29 is 0 Å². The lowest BCUT2D eigenvalue weighted by molar-refractivity contribution is 0.109. The fourth-order valence-corrected chi connectivity index (χ4v) is 4.14. The van der Waals surface area contributed by atoms with Crippen LogP contribution in [0.3, 0.4) is 0 Å². The van der Waals surface area contributed by atoms with Crippen molar-refractivity contribution in [2.24, 2.45) is 11.3 Å². The van der Waals surface area contributed by atoms with Gasteiger partial charge in [-0.2, -0.15) is 0 Å². The monoisotopic (exact) mass is 315 g/mol. The minimum Gasteiger partial charge on any atom is -0.298 e. The van der Waals surface area contributed by atoms with E-state index < -0.39 is 0 Å². The summed E-state index contributed by atoms with van der Waals surface area (Å²) >= 11 is 5.40. The van der Waals surface area contributed by atoms with Crippen molar-refractivity contribution in [1.82, 2.24) is 4.90 Å². The van der Waals surface area contributed by atoms with Gasteiger partial charge in [-0.3, -0.25) is 4.90 Å². The van der Waals surface area contributed by atoms with Gasteiger partial charge in [0.25, 0.3) is 0 Å². The van der Waals surface area contributed by atoms with E-state index in [-0.39, 0.29) is 0 Å². The fourth-order valence-electron chi connectivity index (χ4n) is 2.61. The highest BCUT2D eigenvalue weighted by molar-refractivity contribution is 9.11. The number of nitrogens with zero attached hydrogens (tertiary/aromatic N) is 1. The van der Waals surface area contributed by atoms with Crippen LogP contribution in [0.15, 0.2) is 15.9 Å². The van der Waals surface area contributed by atoms with Crippen LogP contribution in [0.1, 0.15) is 38.5 Å². The van der Waals surface area contributed by atoms with Gasteiger partial charge in [0, 0.05) is 11.4 Å². The third-order valence-electron chi connectivity index (χ3n) is 3.82. The highest BCUT2D eigenvalue weighted by Gasteiger charge is 2.28. The molecule has 1 aliphatic heterocycles. The maximum atomic E-state index is 3.53. The summed E-state index contributed by atoms with van der Waals surface area (Å²) in [5.74, 6) is 0.897. The average molecular weight is 316 g/mol. The van der Waals surface area contributed by atoms with Gasteiger partial charge in [-0.25, -0.2) is 0 Å². The zero-order valence-corrected chi connectivity index (χ0v) is 13.4. The van der Waals surface area contributed by atoms with E-state index in [0.29, 0.717) is 5.41 Å². The number of halogens is 1. The Morgan fingerprint density at radius 2 is 1.94 bits per heavy atom. The molecule has 0 atom stereocenters. The predicted octanol–water partition coefficient (Wildman–Crippen LogP) is 4.77. The molecule has 2 heterocycles. The maximum Gasteiger partial charge on any atom is 0.0701 e. The topological polar surface area (TPSA) is 3.24 Å². The van der Waals surface area contributed by atoms with Crippen LogP contribution < -0.4 is 0 Å². The largest absolute Gasteiger partial charge is 0.298 e. The van der Waals surface area contributed by atoms with Gasteiger partial charge in [0.1, 0.15) is 0 Å². The Balaban J connectivity index is 1.83. The van der Waals surface area contributed by atoms with Gasteiger partial charge in [0.15, 0.2) is 0 Å². The van der Waals surface area contributed by atoms with Crippen molar-refractivity contribution >= 4 is 27.3 Å². The van der Waals surface area contributed by atoms with Gasteiger partial charge in [0.2, 0.25) is 0 Å². The van der Waals surface area contributed by atoms with E-state index in [0.717, 1.165) is 12.5 Å². The molecule has 3 heteroatoms. The van der Waals surface area contributed by atoms with E-state index in [1.165, 1.54) is 34.6 Å². The van der Waals surface area contributed by atoms with Crippen LogP contribution in [0.4, 0.5) is 0 Å². The van der Waals surface area contributed by atoms with Crippen LogP contribution in [0.2, 0.25) is 0 Å². The molecule has 2 rings (SSSR count). The van der Waals surface area contributed by atoms with Crippen LogP contribution in [-0.2, 0) is 6.54 Å². The molecule has 0 aromatic carbocycles. The zero-order valence-electron chi connectivity index (χ0n) is 11.0. The molecule has 96 valence electrons. The fraction of sp³-hybridized carbons (Fsp3) is 0.714. The highest BCUT2D eigenvalue weighted by atomic mass is 79.9. The lowest BCUT2D eigenvalue weighted by Crippen LogP contribution is -2.37. The Bertz CT molecular complexity index is 359. The highest BCUT2D eigenvalue weighted by Crippen LogP contribution is 2.35. The summed E-state index contributed by atoms with van der Waals surface area (Å²) in [6.45, 7) is 10.8. The molecule has 1 saturated heterocycles. The Kier molecular flexibility index (Phi) is 4.32. The SMILES string of the molecule is CC(C)(C)C1CCN(Cc2ccc(Br)s2)CC1. The van der Waals surface area contributed by atoms with Gasteiger partial charge in [-0.15, -0.1) is 11.3 Å². The molecule has 0 amide bonds. The summed E-state index contributed by atoms with van der Waals surface area (Å²) in [7, 11) is 0. The Morgan fingerprint density at radius 1 is 1.29 bits per heavy atom. The molecular formula is C14H22BrNS. The van der Waals surface area contributed by atoms with E-state index in [1.807, 2.05) is 11.3 Å². The molecule has 0 bridgehead atoms. The number of hydrogen-bond acceptors (Lipinski definition) is 2. The third kappa shape index (κ3) is 3.80. The lowest BCUT2D eigenvalue weighted by atomic mass is 9.75. The second-order valence-corrected chi connectivity index (χ2v) is 8.67. The molecule has 1 aromatic rings. The van der Waals surface area contributed by atoms with E-state index >= 15 is 0 Å². The van der Waals surface area contributed by atoms with E-state index in [1.54, 1.807) is 0 Å². The molecule has 1 aliphatic rings. The Hall–Kier alpha value is 0.140. The maximum absolute atomic E-state index is 3.53. The van der Waals surface area contributed by atoms with Gasteiger partial charge >= 0.3 is 0 Å². The molecule has 0 radical (unpaired) electrons. The van der Waals surface area contributed by atoms with Crippen molar-refractivity contribution in [3.05, 3.63) is 20.8 Å². The number of likely N-dealkylation sites (tertiary alicyclic amines) is 1. The molecule has 1 nitrogen and oxygen atoms in total. The van der Waals surface area contributed by atoms with Crippen LogP contribution in [0.5, 0.6) is 0 Å². The van der Waals surface area contributed by atoms with Crippen molar-refractivity contribution in [2.45, 2.75) is 40.2 Å². The smallest absolute Gasteiger partial charge is 0.0701 e. The van der Waals surface area contributed by atoms with Crippen molar-refractivity contribution in [3.8, 4) is 0 Å². The summed E-state index contributed by atoms with van der Waals surface area (Å²) in [5.41, 5.74) is 0.484. The summed E-state index contributed by atoms with van der Waals surface area (Å²) in [6, 6.07) is 4.40. The predicted molar refractivity (Wildman–Crippen MR) is 79.5 cm³/mol. The number of thiophene rings is 1. The minimum atomic E-state index is 0.484. The van der Waals surface area contributed by atoms with Crippen LogP contribution in [-0.4, -0.2) is 18.0 Å².